The molecule has 0 saturated carbocycles. The van der Waals surface area contributed by atoms with Gasteiger partial charge < -0.3 is 41.5 Å². The second kappa shape index (κ2) is 32.2. The number of aromatic nitrogens is 30. The van der Waals surface area contributed by atoms with Gasteiger partial charge in [-0.1, -0.05) is 113 Å². The van der Waals surface area contributed by atoms with E-state index >= 15 is 0 Å². The molecule has 0 aliphatic heterocycles. The maximum atomic E-state index is 12.2. The maximum absolute atomic E-state index is 12.2. The largest absolute Gasteiger partial charge is 0.339 e. The van der Waals surface area contributed by atoms with Crippen molar-refractivity contribution in [2.75, 3.05) is 42.5 Å². The van der Waals surface area contributed by atoms with Crippen LogP contribution in [0.25, 0.3) is 33.5 Å². The van der Waals surface area contributed by atoms with Gasteiger partial charge in [-0.2, -0.15) is 74.8 Å². The van der Waals surface area contributed by atoms with Crippen LogP contribution >= 0.6 is 0 Å². The second-order valence-corrected chi connectivity index (χ2v) is 27.4. The van der Waals surface area contributed by atoms with Crippen molar-refractivity contribution >= 4 is 128 Å². The van der Waals surface area contributed by atoms with E-state index in [1.54, 1.807) is 0 Å². The highest BCUT2D eigenvalue weighted by molar-refractivity contribution is 5.72. The maximum Gasteiger partial charge on any atom is 0.327 e. The molecule has 13 heterocycles. The summed E-state index contributed by atoms with van der Waals surface area (Å²) in [6, 6.07) is 22.6. The average molecular weight is 1540 g/mol. The molecule has 0 aliphatic carbocycles. The fraction of sp³-hybridized carbons (Fsp3) is 0.227. The van der Waals surface area contributed by atoms with Crippen LogP contribution in [-0.4, -0.2) is 150 Å². The molecule has 0 radical (unpaired) electrons. The monoisotopic (exact) mass is 1540 g/mol. The van der Waals surface area contributed by atoms with Gasteiger partial charge in [0.25, 0.3) is 33.4 Å². The first-order chi connectivity index (χ1) is 53.7. The highest BCUT2D eigenvalue weighted by Crippen LogP contribution is 2.27. The quantitative estimate of drug-likeness (QED) is 0.0598. The fourth-order valence-corrected chi connectivity index (χ4v) is 9.53. The molecule has 2 aromatic carbocycles. The molecule has 13 aromatic heterocycles. The van der Waals surface area contributed by atoms with E-state index in [4.69, 9.17) is 0 Å². The van der Waals surface area contributed by atoms with Gasteiger partial charge in [-0.3, -0.25) is 89.6 Å². The van der Waals surface area contributed by atoms with E-state index in [9.17, 15) is 43.2 Å². The first kappa shape index (κ1) is 76.6. The van der Waals surface area contributed by atoms with Gasteiger partial charge >= 0.3 is 17.1 Å². The van der Waals surface area contributed by atoms with Crippen LogP contribution < -0.4 is 93.0 Å². The van der Waals surface area contributed by atoms with Crippen molar-refractivity contribution in [3.8, 4) is 0 Å². The van der Waals surface area contributed by atoms with Crippen LogP contribution in [0, 0.1) is 0 Å². The molecule has 0 amide bonds. The van der Waals surface area contributed by atoms with Gasteiger partial charge in [0.05, 0.1) is 19.0 Å². The lowest BCUT2D eigenvalue weighted by Crippen LogP contribution is -2.23. The minimum atomic E-state index is -0.692. The average Bonchev–Trinajstić information content (AvgIpc) is 1.77. The summed E-state index contributed by atoms with van der Waals surface area (Å²) >= 11 is 0. The van der Waals surface area contributed by atoms with E-state index in [0.717, 1.165) is 23.5 Å². The Morgan fingerprint density at radius 2 is 0.566 bits per heavy atom. The number of rotatable bonds is 17. The normalized spacial score (nSPS) is 11.4. The lowest BCUT2D eigenvalue weighted by Gasteiger charge is -2.18. The molecule has 578 valence electrons. The van der Waals surface area contributed by atoms with Crippen LogP contribution in [0.5, 0.6) is 0 Å². The summed E-state index contributed by atoms with van der Waals surface area (Å²) in [5.41, 5.74) is -2.62. The predicted octanol–water partition coefficient (Wildman–Crippen LogP) is 4.46. The summed E-state index contributed by atoms with van der Waals surface area (Å²) < 4.78 is 0. The molecule has 20 N–H and O–H groups in total. The van der Waals surface area contributed by atoms with Gasteiger partial charge in [-0.15, -0.1) is 0 Å². The molecule has 0 aliphatic rings. The van der Waals surface area contributed by atoms with Crippen LogP contribution in [-0.2, 0) is 16.2 Å². The molecule has 113 heavy (non-hydrogen) atoms. The van der Waals surface area contributed by atoms with Gasteiger partial charge in [0.2, 0.25) is 65.4 Å². The predicted molar refractivity (Wildman–Crippen MR) is 415 cm³/mol. The number of aromatic amines is 12. The number of nitrogens with one attached hydrogen (secondary N) is 20. The highest BCUT2D eigenvalue weighted by Gasteiger charge is 2.25. The molecule has 47 heteroatoms. The van der Waals surface area contributed by atoms with E-state index in [0.29, 0.717) is 46.4 Å². The van der Waals surface area contributed by atoms with Crippen LogP contribution in [0.15, 0.2) is 141 Å². The van der Waals surface area contributed by atoms with E-state index in [1.807, 2.05) is 147 Å². The first-order valence-electron chi connectivity index (χ1n) is 33.9. The van der Waals surface area contributed by atoms with Crippen molar-refractivity contribution in [2.24, 2.45) is 0 Å². The van der Waals surface area contributed by atoms with Crippen LogP contribution in [0.2, 0.25) is 0 Å². The Morgan fingerprint density at radius 1 is 0.301 bits per heavy atom. The zero-order valence-corrected chi connectivity index (χ0v) is 61.5. The zero-order chi connectivity index (χ0) is 80.5. The van der Waals surface area contributed by atoms with Crippen molar-refractivity contribution in [1.82, 2.24) is 150 Å². The Morgan fingerprint density at radius 3 is 0.832 bits per heavy atom. The van der Waals surface area contributed by atoms with Crippen LogP contribution in [0.4, 0.5) is 94.3 Å². The molecule has 0 atom stereocenters. The number of imidazole rings is 3. The number of hydrogen-bond acceptors (Lipinski definition) is 35. The number of nitrogens with zero attached hydrogens (tertiary/aromatic N) is 18. The molecule has 0 spiro atoms. The molecule has 15 rings (SSSR count). The summed E-state index contributed by atoms with van der Waals surface area (Å²) in [5, 5.41) is 23.2. The fourth-order valence-electron chi connectivity index (χ4n) is 9.53. The molecule has 0 fully saturated rings. The van der Waals surface area contributed by atoms with Gasteiger partial charge in [0, 0.05) is 51.7 Å². The van der Waals surface area contributed by atoms with Crippen LogP contribution in [0.3, 0.4) is 0 Å². The first-order valence-corrected chi connectivity index (χ1v) is 33.9. The molecule has 47 nitrogen and oxygen atoms in total. The van der Waals surface area contributed by atoms with Gasteiger partial charge in [-0.05, 0) is 24.3 Å². The lowest BCUT2D eigenvalue weighted by molar-refractivity contribution is 0.544. The van der Waals surface area contributed by atoms with Crippen LogP contribution in [0.1, 0.15) is 105 Å². The third-order valence-corrected chi connectivity index (χ3v) is 14.7. The van der Waals surface area contributed by atoms with Crippen molar-refractivity contribution in [3.05, 3.63) is 215 Å². The number of anilines is 16. The topological polar surface area (TPSA) is 671 Å². The standard InChI is InChI=1S/C18H19N9O.C17H17N13O2.C17H19N7O2.C14H15N9O4/c1-18(2,3)14-24-15(21-10-7-5-4-6-8-10)26-17(25-14)27-16-22-12-11(13(28)23-16)19-9-20-12;1-17(2,3)12-26-15(28-13-22-8-6(10(31)24-13)18-4-20-8)30-16(27-12)29-14-23-9-7(11(32)25-14)19-5-21-9;1-17(2,3)13-22-14(18-10-7-5-4-6-8-10)24-15(23-13)19-11-9-12(25)21-16(26)20-11;1-5(2)10-21-11(15-6-3-8(24)19-13(26)17-6)23-12(22-10)16-7-4-9(25)20-14(27)18-7/h4-9H,1-3H3,(H4,19,20,21,22,23,24,25,26,27,28);4-5H,1-3H3,(H6,18,19,20,21,22,23,24,25,26,27,28,29,30,31,32);4-9H,1-3H3,(H4,18,19,20,21,22,23,24,25,26);3-5H,1-2H3,(H6,15,16,17,18,19,20,21,22,23,24,25,26,27). The Balaban J connectivity index is 0.000000140. The summed E-state index contributed by atoms with van der Waals surface area (Å²) in [4.78, 5) is 211. The summed E-state index contributed by atoms with van der Waals surface area (Å²) in [6.07, 6.45) is 4.17. The van der Waals surface area contributed by atoms with Crippen molar-refractivity contribution < 1.29 is 0 Å². The van der Waals surface area contributed by atoms with Crippen molar-refractivity contribution in [3.63, 3.8) is 0 Å². The minimum Gasteiger partial charge on any atom is -0.339 e. The molecule has 0 unspecified atom stereocenters. The van der Waals surface area contributed by atoms with Gasteiger partial charge in [0.15, 0.2) is 33.5 Å². The molecular formula is C66H70N38O9. The smallest absolute Gasteiger partial charge is 0.327 e. The number of fused-ring (bicyclic) bond motifs is 3. The summed E-state index contributed by atoms with van der Waals surface area (Å²) in [5.74, 6) is 4.22. The number of H-pyrrole nitrogens is 12. The Labute approximate surface area is 630 Å². The molecular weight excluding hydrogens is 1470 g/mol. The van der Waals surface area contributed by atoms with E-state index in [2.05, 4.69) is 182 Å². The zero-order valence-electron chi connectivity index (χ0n) is 61.5. The van der Waals surface area contributed by atoms with Gasteiger partial charge in [0.1, 0.15) is 40.8 Å². The third-order valence-electron chi connectivity index (χ3n) is 14.7. The molecule has 0 saturated heterocycles. The summed E-state index contributed by atoms with van der Waals surface area (Å²) in [7, 11) is 0. The SMILES string of the molecule is CC(C)(C)c1nc(Nc2ccccc2)nc(Nc2cc(=O)[nH]c(=O)[nH]2)n1.CC(C)(C)c1nc(Nc2ccccc2)nc(Nc2nc3nc[nH]c3c(=O)[nH]2)n1.CC(C)(C)c1nc(Nc2nc3nc[nH]c3c(=O)[nH]2)nc(Nc2nc3nc[nH]c3c(=O)[nH]2)n1.CC(C)c1nc(Nc2cc(=O)[nH]c(=O)[nH]2)nc(Nc2cc(=O)[nH]c(=O)[nH]2)n1. The van der Waals surface area contributed by atoms with Crippen molar-refractivity contribution in [2.45, 2.75) is 98.3 Å². The van der Waals surface area contributed by atoms with Gasteiger partial charge in [-0.25, -0.2) is 29.3 Å². The number of benzene rings is 2. The minimum absolute atomic E-state index is 0.0460. The number of para-hydroxylation sites is 2. The Hall–Kier alpha value is -16.0. The van der Waals surface area contributed by atoms with E-state index in [-0.39, 0.29) is 116 Å². The Bertz CT molecular complexity index is 6250. The lowest BCUT2D eigenvalue weighted by atomic mass is 9.96. The Kier molecular flexibility index (Phi) is 21.8. The second-order valence-electron chi connectivity index (χ2n) is 27.4. The summed E-state index contributed by atoms with van der Waals surface area (Å²) in [6.45, 7) is 21.5. The van der Waals surface area contributed by atoms with E-state index < -0.39 is 50.3 Å². The number of hydrogen-bond donors (Lipinski definition) is 20. The van der Waals surface area contributed by atoms with E-state index in [1.165, 1.54) is 25.0 Å². The molecule has 0 bridgehead atoms. The van der Waals surface area contributed by atoms with Crippen molar-refractivity contribution in [1.29, 1.82) is 0 Å². The highest BCUT2D eigenvalue weighted by atomic mass is 16.2. The third kappa shape index (κ3) is 20.4. The molecule has 15 aromatic rings.